The summed E-state index contributed by atoms with van der Waals surface area (Å²) in [7, 11) is 1.10. The van der Waals surface area contributed by atoms with Crippen LogP contribution in [-0.2, 0) is 16.0 Å². The average molecular weight is 234 g/mol. The number of carbonyl (C=O) groups excluding carboxylic acids is 1. The minimum absolute atomic E-state index is 0.371. The number of alkyl halides is 2. The highest BCUT2D eigenvalue weighted by atomic mass is 19.3. The van der Waals surface area contributed by atoms with E-state index in [9.17, 15) is 18.0 Å². The van der Waals surface area contributed by atoms with E-state index in [0.29, 0.717) is 6.20 Å². The second-order valence-corrected chi connectivity index (χ2v) is 2.95. The van der Waals surface area contributed by atoms with Crippen LogP contribution in [0.15, 0.2) is 6.20 Å². The summed E-state index contributed by atoms with van der Waals surface area (Å²) in [6.07, 6.45) is -2.75. The van der Waals surface area contributed by atoms with E-state index in [1.807, 2.05) is 0 Å². The van der Waals surface area contributed by atoms with Crippen LogP contribution in [0.5, 0.6) is 0 Å². The van der Waals surface area contributed by atoms with E-state index in [1.54, 1.807) is 0 Å². The number of ether oxygens (including phenoxy) is 1. The number of nitrogen functional groups attached to an aromatic ring is 1. The van der Waals surface area contributed by atoms with Gasteiger partial charge in [-0.2, -0.15) is 4.39 Å². The van der Waals surface area contributed by atoms with Crippen LogP contribution >= 0.6 is 0 Å². The maximum atomic E-state index is 13.1. The Hall–Kier alpha value is -1.79. The van der Waals surface area contributed by atoms with E-state index in [4.69, 9.17) is 5.73 Å². The van der Waals surface area contributed by atoms with Crippen LogP contribution in [0, 0.1) is 5.95 Å². The Balaban J connectivity index is 3.16. The molecule has 0 unspecified atom stereocenters. The van der Waals surface area contributed by atoms with Gasteiger partial charge in [0.25, 0.3) is 6.43 Å². The Labute approximate surface area is 89.2 Å². The van der Waals surface area contributed by atoms with Crippen LogP contribution in [-0.4, -0.2) is 18.1 Å². The van der Waals surface area contributed by atoms with Crippen molar-refractivity contribution in [2.75, 3.05) is 12.8 Å². The number of nitrogens with zero attached hydrogens (tertiary/aromatic N) is 1. The Kier molecular flexibility index (Phi) is 3.70. The van der Waals surface area contributed by atoms with Crippen LogP contribution < -0.4 is 5.73 Å². The van der Waals surface area contributed by atoms with Gasteiger partial charge in [0, 0.05) is 11.8 Å². The molecular formula is C9H9F3N2O2. The summed E-state index contributed by atoms with van der Waals surface area (Å²) in [5, 5.41) is 0. The van der Waals surface area contributed by atoms with E-state index < -0.39 is 36.0 Å². The number of pyridine rings is 1. The highest BCUT2D eigenvalue weighted by molar-refractivity contribution is 5.75. The maximum Gasteiger partial charge on any atom is 0.310 e. The Morgan fingerprint density at radius 2 is 2.25 bits per heavy atom. The molecule has 2 N–H and O–H groups in total. The second-order valence-electron chi connectivity index (χ2n) is 2.95. The zero-order chi connectivity index (χ0) is 12.3. The van der Waals surface area contributed by atoms with Crippen LogP contribution in [0.4, 0.5) is 18.9 Å². The van der Waals surface area contributed by atoms with Gasteiger partial charge in [-0.1, -0.05) is 0 Å². The van der Waals surface area contributed by atoms with Crippen molar-refractivity contribution in [3.05, 3.63) is 23.3 Å². The lowest BCUT2D eigenvalue weighted by Crippen LogP contribution is -2.12. The summed E-state index contributed by atoms with van der Waals surface area (Å²) < 4.78 is 42.2. The van der Waals surface area contributed by atoms with Gasteiger partial charge in [-0.15, -0.1) is 0 Å². The minimum Gasteiger partial charge on any atom is -0.469 e. The summed E-state index contributed by atoms with van der Waals surface area (Å²) in [5.41, 5.74) is 3.89. The first-order chi connectivity index (χ1) is 7.47. The molecule has 1 heterocycles. The standard InChI is InChI=1S/C9H9F3N2O2/c1-16-6(15)2-4-7(13)5(8(10)11)3-14-9(4)12/h3,8H,2H2,1H3,(H2,13,14). The molecule has 16 heavy (non-hydrogen) atoms. The third-order valence-electron chi connectivity index (χ3n) is 1.99. The molecule has 4 nitrogen and oxygen atoms in total. The van der Waals surface area contributed by atoms with Crippen molar-refractivity contribution in [2.24, 2.45) is 0 Å². The summed E-state index contributed by atoms with van der Waals surface area (Å²) in [6.45, 7) is 0. The number of halogens is 3. The van der Waals surface area contributed by atoms with Crippen molar-refractivity contribution in [1.82, 2.24) is 4.98 Å². The fraction of sp³-hybridized carbons (Fsp3) is 0.333. The van der Waals surface area contributed by atoms with Crippen LogP contribution in [0.2, 0.25) is 0 Å². The first kappa shape index (κ1) is 12.3. The summed E-state index contributed by atoms with van der Waals surface area (Å²) in [5.74, 6) is -1.83. The monoisotopic (exact) mass is 234 g/mol. The van der Waals surface area contributed by atoms with Gasteiger partial charge >= 0.3 is 5.97 Å². The zero-order valence-electron chi connectivity index (χ0n) is 8.34. The summed E-state index contributed by atoms with van der Waals surface area (Å²) >= 11 is 0. The van der Waals surface area contributed by atoms with E-state index in [1.165, 1.54) is 0 Å². The smallest absolute Gasteiger partial charge is 0.310 e. The number of hydrogen-bond donors (Lipinski definition) is 1. The zero-order valence-corrected chi connectivity index (χ0v) is 8.34. The summed E-state index contributed by atoms with van der Waals surface area (Å²) in [4.78, 5) is 14.0. The first-order valence-corrected chi connectivity index (χ1v) is 4.25. The molecule has 0 amide bonds. The molecule has 88 valence electrons. The molecule has 7 heteroatoms. The third kappa shape index (κ3) is 2.41. The summed E-state index contributed by atoms with van der Waals surface area (Å²) in [6, 6.07) is 0. The molecule has 0 aliphatic carbocycles. The fourth-order valence-electron chi connectivity index (χ4n) is 1.12. The van der Waals surface area contributed by atoms with Gasteiger partial charge in [0.2, 0.25) is 5.95 Å². The van der Waals surface area contributed by atoms with Crippen LogP contribution in [0.25, 0.3) is 0 Å². The SMILES string of the molecule is COC(=O)Cc1c(F)ncc(C(F)F)c1N. The highest BCUT2D eigenvalue weighted by Gasteiger charge is 2.20. The average Bonchev–Trinajstić information content (AvgIpc) is 2.23. The van der Waals surface area contributed by atoms with Gasteiger partial charge in [-0.25, -0.2) is 13.8 Å². The normalized spacial score (nSPS) is 10.6. The van der Waals surface area contributed by atoms with Gasteiger partial charge < -0.3 is 10.5 Å². The Morgan fingerprint density at radius 3 is 2.75 bits per heavy atom. The Morgan fingerprint density at radius 1 is 1.62 bits per heavy atom. The first-order valence-electron chi connectivity index (χ1n) is 4.25. The predicted octanol–water partition coefficient (Wildman–Crippen LogP) is 1.46. The van der Waals surface area contributed by atoms with Gasteiger partial charge in [-0.3, -0.25) is 4.79 Å². The highest BCUT2D eigenvalue weighted by Crippen LogP contribution is 2.28. The van der Waals surface area contributed by atoms with Crippen molar-refractivity contribution in [3.8, 4) is 0 Å². The van der Waals surface area contributed by atoms with Crippen LogP contribution in [0.1, 0.15) is 17.6 Å². The van der Waals surface area contributed by atoms with Gasteiger partial charge in [0.05, 0.1) is 24.8 Å². The molecule has 1 aromatic rings. The molecule has 0 atom stereocenters. The third-order valence-corrected chi connectivity index (χ3v) is 1.99. The molecule has 1 aromatic heterocycles. The lowest BCUT2D eigenvalue weighted by atomic mass is 10.1. The predicted molar refractivity (Wildman–Crippen MR) is 49.3 cm³/mol. The largest absolute Gasteiger partial charge is 0.469 e. The molecule has 0 saturated carbocycles. The lowest BCUT2D eigenvalue weighted by Gasteiger charge is -2.09. The molecule has 0 saturated heterocycles. The van der Waals surface area contributed by atoms with Crippen molar-refractivity contribution < 1.29 is 22.7 Å². The number of nitrogens with two attached hydrogens (primary N) is 1. The second kappa shape index (κ2) is 4.82. The van der Waals surface area contributed by atoms with E-state index in [2.05, 4.69) is 9.72 Å². The molecule has 0 aliphatic heterocycles. The fourth-order valence-corrected chi connectivity index (χ4v) is 1.12. The van der Waals surface area contributed by atoms with Crippen molar-refractivity contribution in [1.29, 1.82) is 0 Å². The van der Waals surface area contributed by atoms with Gasteiger partial charge in [-0.05, 0) is 0 Å². The quantitative estimate of drug-likeness (QED) is 0.635. The topological polar surface area (TPSA) is 65.2 Å². The van der Waals surface area contributed by atoms with Crippen molar-refractivity contribution in [3.63, 3.8) is 0 Å². The van der Waals surface area contributed by atoms with Crippen molar-refractivity contribution >= 4 is 11.7 Å². The molecule has 0 aromatic carbocycles. The lowest BCUT2D eigenvalue weighted by molar-refractivity contribution is -0.139. The molecule has 0 bridgehead atoms. The number of aromatic nitrogens is 1. The molecule has 0 spiro atoms. The number of rotatable bonds is 3. The number of esters is 1. The van der Waals surface area contributed by atoms with Crippen LogP contribution in [0.3, 0.4) is 0 Å². The van der Waals surface area contributed by atoms with Gasteiger partial charge in [0.1, 0.15) is 0 Å². The number of anilines is 1. The maximum absolute atomic E-state index is 13.1. The number of hydrogen-bond acceptors (Lipinski definition) is 4. The van der Waals surface area contributed by atoms with Crippen molar-refractivity contribution in [2.45, 2.75) is 12.8 Å². The minimum atomic E-state index is -2.87. The molecular weight excluding hydrogens is 225 g/mol. The number of methoxy groups -OCH3 is 1. The molecule has 0 fully saturated rings. The molecule has 1 rings (SSSR count). The van der Waals surface area contributed by atoms with E-state index >= 15 is 0 Å². The van der Waals surface area contributed by atoms with E-state index in [-0.39, 0.29) is 5.56 Å². The number of carbonyl (C=O) groups is 1. The molecule has 0 aliphatic rings. The van der Waals surface area contributed by atoms with Gasteiger partial charge in [0.15, 0.2) is 0 Å². The molecule has 0 radical (unpaired) electrons. The van der Waals surface area contributed by atoms with E-state index in [0.717, 1.165) is 7.11 Å². The Bertz CT molecular complexity index is 410.